The molecule has 3 aromatic heterocycles. The first-order valence-electron chi connectivity index (χ1n) is 10.8. The summed E-state index contributed by atoms with van der Waals surface area (Å²) >= 11 is 0. The Hall–Kier alpha value is -4.27. The lowest BCUT2D eigenvalue weighted by Gasteiger charge is -2.23. The van der Waals surface area contributed by atoms with Crippen LogP contribution in [0.4, 0.5) is 0 Å². The Balaban J connectivity index is 1.34. The number of hydrogen-bond acceptors (Lipinski definition) is 7. The molecule has 1 N–H and O–H groups in total. The summed E-state index contributed by atoms with van der Waals surface area (Å²) in [5.74, 6) is 0.658. The Morgan fingerprint density at radius 3 is 2.73 bits per heavy atom. The Kier molecular flexibility index (Phi) is 5.67. The highest BCUT2D eigenvalue weighted by Gasteiger charge is 2.10. The van der Waals surface area contributed by atoms with Crippen LogP contribution >= 0.6 is 0 Å². The number of rotatable bonds is 6. The van der Waals surface area contributed by atoms with Crippen LogP contribution in [0, 0.1) is 0 Å². The highest BCUT2D eigenvalue weighted by molar-refractivity contribution is 5.56. The van der Waals surface area contributed by atoms with E-state index in [4.69, 9.17) is 0 Å². The fraction of sp³-hybridized carbons (Fsp3) is 0.208. The summed E-state index contributed by atoms with van der Waals surface area (Å²) < 4.78 is 3.37. The zero-order valence-corrected chi connectivity index (χ0v) is 18.3. The maximum absolute atomic E-state index is 12.4. The minimum absolute atomic E-state index is 0.0943. The van der Waals surface area contributed by atoms with Crippen molar-refractivity contribution in [3.05, 3.63) is 101 Å². The van der Waals surface area contributed by atoms with Crippen LogP contribution in [-0.4, -0.2) is 47.5 Å². The topological polar surface area (TPSA) is 93.8 Å². The summed E-state index contributed by atoms with van der Waals surface area (Å²) in [7, 11) is 1.84. The van der Waals surface area contributed by atoms with Crippen LogP contribution < -0.4 is 10.7 Å². The summed E-state index contributed by atoms with van der Waals surface area (Å²) in [5.41, 5.74) is 4.12. The molecule has 0 radical (unpaired) electrons. The summed E-state index contributed by atoms with van der Waals surface area (Å²) in [4.78, 5) is 23.8. The highest BCUT2D eigenvalue weighted by atomic mass is 16.1. The van der Waals surface area contributed by atoms with E-state index in [0.29, 0.717) is 17.9 Å². The molecule has 0 bridgehead atoms. The third-order valence-corrected chi connectivity index (χ3v) is 5.43. The first-order chi connectivity index (χ1) is 16.1. The molecule has 5 rings (SSSR count). The lowest BCUT2D eigenvalue weighted by Crippen LogP contribution is -2.30. The first-order valence-corrected chi connectivity index (χ1v) is 10.8. The number of aryl methyl sites for hydroxylation is 1. The number of benzene rings is 1. The van der Waals surface area contributed by atoms with Crippen molar-refractivity contribution in [1.29, 1.82) is 0 Å². The van der Waals surface area contributed by atoms with Crippen molar-refractivity contribution in [2.75, 3.05) is 13.1 Å². The molecule has 4 heterocycles. The van der Waals surface area contributed by atoms with E-state index in [1.807, 2.05) is 62.3 Å². The molecule has 166 valence electrons. The van der Waals surface area contributed by atoms with E-state index in [1.54, 1.807) is 21.8 Å². The van der Waals surface area contributed by atoms with E-state index in [2.05, 4.69) is 30.4 Å². The molecule has 0 saturated heterocycles. The smallest absolute Gasteiger partial charge is 0.203 e. The minimum Gasteiger partial charge on any atom is -0.388 e. The molecule has 33 heavy (non-hydrogen) atoms. The van der Waals surface area contributed by atoms with Crippen LogP contribution in [0.2, 0.25) is 0 Å². The molecule has 0 atom stereocenters. The summed E-state index contributed by atoms with van der Waals surface area (Å²) in [6.45, 7) is 2.67. The molecule has 1 aromatic carbocycles. The van der Waals surface area contributed by atoms with E-state index in [-0.39, 0.29) is 5.43 Å². The number of nitrogens with one attached hydrogen (secondary N) is 1. The lowest BCUT2D eigenvalue weighted by atomic mass is 10.1. The van der Waals surface area contributed by atoms with Crippen LogP contribution in [0.3, 0.4) is 0 Å². The molecule has 4 aromatic rings. The monoisotopic (exact) mass is 440 g/mol. The second-order valence-corrected chi connectivity index (χ2v) is 7.98. The van der Waals surface area contributed by atoms with Crippen LogP contribution in [0.1, 0.15) is 16.8 Å². The Bertz CT molecular complexity index is 1340. The van der Waals surface area contributed by atoms with E-state index >= 15 is 0 Å². The molecule has 9 heteroatoms. The van der Waals surface area contributed by atoms with E-state index in [1.165, 1.54) is 6.07 Å². The van der Waals surface area contributed by atoms with Crippen molar-refractivity contribution in [3.8, 4) is 17.1 Å². The van der Waals surface area contributed by atoms with E-state index in [9.17, 15) is 4.79 Å². The predicted octanol–water partition coefficient (Wildman–Crippen LogP) is 1.89. The van der Waals surface area contributed by atoms with Gasteiger partial charge < -0.3 is 10.2 Å². The average Bonchev–Trinajstić information content (AvgIpc) is 3.28. The van der Waals surface area contributed by atoms with Crippen LogP contribution in [0.5, 0.6) is 0 Å². The number of nitrogens with zero attached hydrogens (tertiary/aromatic N) is 7. The summed E-state index contributed by atoms with van der Waals surface area (Å²) in [6, 6.07) is 9.46. The van der Waals surface area contributed by atoms with Gasteiger partial charge in [-0.1, -0.05) is 18.2 Å². The highest BCUT2D eigenvalue weighted by Crippen LogP contribution is 2.18. The zero-order chi connectivity index (χ0) is 22.6. The number of aromatic nitrogens is 6. The van der Waals surface area contributed by atoms with Crippen LogP contribution in [-0.2, 0) is 20.0 Å². The van der Waals surface area contributed by atoms with Crippen molar-refractivity contribution in [3.63, 3.8) is 0 Å². The summed E-state index contributed by atoms with van der Waals surface area (Å²) in [5, 5.41) is 11.9. The third kappa shape index (κ3) is 4.82. The largest absolute Gasteiger partial charge is 0.388 e. The van der Waals surface area contributed by atoms with Gasteiger partial charge in [0.2, 0.25) is 5.43 Å². The maximum Gasteiger partial charge on any atom is 0.203 e. The van der Waals surface area contributed by atoms with E-state index < -0.39 is 0 Å². The van der Waals surface area contributed by atoms with Gasteiger partial charge in [0, 0.05) is 81.3 Å². The maximum atomic E-state index is 12.4. The quantitative estimate of drug-likeness (QED) is 0.489. The minimum atomic E-state index is -0.0943. The molecular formula is C24H24N8O. The fourth-order valence-corrected chi connectivity index (χ4v) is 3.73. The second kappa shape index (κ2) is 9.07. The third-order valence-electron chi connectivity index (χ3n) is 5.43. The SMILES string of the molecule is Cn1cc(-n2ccc(=O)c(Cc3cccc(-c4ncc(CN5C=CNCC5)cn4)c3)n2)cn1. The molecule has 0 unspecified atom stereocenters. The standard InChI is InChI=1S/C24H24N8O/c1-30-17-21(15-28-30)32-8-5-23(33)22(29-32)12-18-3-2-4-20(11-18)24-26-13-19(14-27-24)16-31-9-6-25-7-10-31/h2-6,8-9,11,13-15,17,25H,7,10,12,16H2,1H3. The fourth-order valence-electron chi connectivity index (χ4n) is 3.73. The van der Waals surface area contributed by atoms with Gasteiger partial charge in [-0.25, -0.2) is 14.6 Å². The Morgan fingerprint density at radius 2 is 1.97 bits per heavy atom. The van der Waals surface area contributed by atoms with Gasteiger partial charge in [-0.05, 0) is 11.6 Å². The molecule has 1 aliphatic rings. The Labute approximate surface area is 191 Å². The molecule has 1 aliphatic heterocycles. The van der Waals surface area contributed by atoms with Gasteiger partial charge >= 0.3 is 0 Å². The van der Waals surface area contributed by atoms with Crippen molar-refractivity contribution >= 4 is 0 Å². The molecule has 0 aliphatic carbocycles. The van der Waals surface area contributed by atoms with Crippen molar-refractivity contribution in [2.45, 2.75) is 13.0 Å². The second-order valence-electron chi connectivity index (χ2n) is 7.98. The van der Waals surface area contributed by atoms with Crippen molar-refractivity contribution in [2.24, 2.45) is 7.05 Å². The van der Waals surface area contributed by atoms with Gasteiger partial charge in [-0.2, -0.15) is 10.2 Å². The van der Waals surface area contributed by atoms with Gasteiger partial charge in [0.15, 0.2) is 5.82 Å². The van der Waals surface area contributed by atoms with Gasteiger partial charge in [0.05, 0.1) is 12.4 Å². The predicted molar refractivity (Wildman–Crippen MR) is 124 cm³/mol. The number of hydrogen-bond donors (Lipinski definition) is 1. The molecule has 0 amide bonds. The molecule has 9 nitrogen and oxygen atoms in total. The average molecular weight is 441 g/mol. The van der Waals surface area contributed by atoms with Crippen molar-refractivity contribution < 1.29 is 0 Å². The first kappa shape index (κ1) is 20.6. The van der Waals surface area contributed by atoms with Gasteiger partial charge in [0.25, 0.3) is 0 Å². The normalized spacial score (nSPS) is 13.2. The van der Waals surface area contributed by atoms with Gasteiger partial charge in [0.1, 0.15) is 11.4 Å². The molecular weight excluding hydrogens is 416 g/mol. The molecule has 0 spiro atoms. The van der Waals surface area contributed by atoms with Gasteiger partial charge in [-0.15, -0.1) is 0 Å². The zero-order valence-electron chi connectivity index (χ0n) is 18.3. The van der Waals surface area contributed by atoms with Gasteiger partial charge in [-0.3, -0.25) is 9.48 Å². The van der Waals surface area contributed by atoms with E-state index in [0.717, 1.165) is 42.0 Å². The Morgan fingerprint density at radius 1 is 1.09 bits per heavy atom. The molecule has 0 saturated carbocycles. The summed E-state index contributed by atoms with van der Waals surface area (Å²) in [6.07, 6.45) is 13.4. The molecule has 0 fully saturated rings. The van der Waals surface area contributed by atoms with Crippen molar-refractivity contribution in [1.82, 2.24) is 39.7 Å². The lowest BCUT2D eigenvalue weighted by molar-refractivity contribution is 0.352. The van der Waals surface area contributed by atoms with Crippen LogP contribution in [0.15, 0.2) is 78.5 Å². The van der Waals surface area contributed by atoms with Crippen LogP contribution in [0.25, 0.3) is 17.1 Å².